The van der Waals surface area contributed by atoms with Crippen molar-refractivity contribution >= 4 is 41.3 Å². The molecule has 3 rings (SSSR count). The number of nitrogens with zero attached hydrogens (tertiary/aromatic N) is 3. The Balaban J connectivity index is 0.00000300. The quantitative estimate of drug-likeness (QED) is 0.305. The number of rotatable bonds is 8. The minimum Gasteiger partial charge on any atom is -0.379 e. The molecule has 0 bridgehead atoms. The van der Waals surface area contributed by atoms with Crippen LogP contribution in [0.5, 0.6) is 0 Å². The monoisotopic (exact) mass is 535 g/mol. The van der Waals surface area contributed by atoms with Crippen molar-refractivity contribution in [2.24, 2.45) is 10.9 Å². The van der Waals surface area contributed by atoms with Crippen molar-refractivity contribution in [2.75, 3.05) is 59.0 Å². The molecule has 1 unspecified atom stereocenters. The van der Waals surface area contributed by atoms with Crippen molar-refractivity contribution in [3.8, 4) is 0 Å². The minimum atomic E-state index is 0. The van der Waals surface area contributed by atoms with Crippen LogP contribution in [0.25, 0.3) is 0 Å². The highest BCUT2D eigenvalue weighted by molar-refractivity contribution is 14.0. The Morgan fingerprint density at radius 1 is 1.24 bits per heavy atom. The number of hydrogen-bond donors (Lipinski definition) is 2. The van der Waals surface area contributed by atoms with Gasteiger partial charge in [0, 0.05) is 56.7 Å². The molecule has 0 aliphatic carbocycles. The van der Waals surface area contributed by atoms with Crippen molar-refractivity contribution in [1.29, 1.82) is 0 Å². The van der Waals surface area contributed by atoms with Gasteiger partial charge in [-0.25, -0.2) is 0 Å². The van der Waals surface area contributed by atoms with Crippen molar-refractivity contribution in [1.82, 2.24) is 20.4 Å². The lowest BCUT2D eigenvalue weighted by atomic mass is 10.0. The van der Waals surface area contributed by atoms with Gasteiger partial charge in [-0.1, -0.05) is 13.8 Å². The number of fused-ring (bicyclic) bond motifs is 1. The molecule has 2 N–H and O–H groups in total. The summed E-state index contributed by atoms with van der Waals surface area (Å²) in [5.74, 6) is 1.52. The summed E-state index contributed by atoms with van der Waals surface area (Å²) in [7, 11) is 0. The molecule has 0 saturated carbocycles. The molecule has 1 fully saturated rings. The summed E-state index contributed by atoms with van der Waals surface area (Å²) in [6, 6.07) is 2.75. The van der Waals surface area contributed by atoms with E-state index < -0.39 is 0 Å². The van der Waals surface area contributed by atoms with E-state index in [9.17, 15) is 0 Å². The number of thiophene rings is 1. The fraction of sp³-hybridized carbons (Fsp3) is 0.762. The molecule has 3 heterocycles. The standard InChI is InChI=1S/C21H37N5OS.HI/c1-4-22-21(24-15-19(17(2)3)26-10-12-27-13-11-26)23-7-9-25-8-5-20-18(16-25)6-14-28-20;/h6,14,17,19H,4-5,7-13,15-16H2,1-3H3,(H2,22,23,24);1H. The number of halogens is 1. The molecule has 1 aromatic heterocycles. The Bertz CT molecular complexity index is 618. The highest BCUT2D eigenvalue weighted by atomic mass is 127. The molecule has 0 aromatic carbocycles. The van der Waals surface area contributed by atoms with E-state index in [1.54, 1.807) is 4.88 Å². The van der Waals surface area contributed by atoms with Gasteiger partial charge in [0.05, 0.1) is 19.8 Å². The molecular formula is C21H38IN5OS. The first kappa shape index (κ1) is 24.8. The third-order valence-corrected chi connectivity index (χ3v) is 6.70. The van der Waals surface area contributed by atoms with Gasteiger partial charge >= 0.3 is 0 Å². The van der Waals surface area contributed by atoms with E-state index >= 15 is 0 Å². The minimum absolute atomic E-state index is 0. The average Bonchev–Trinajstić information content (AvgIpc) is 3.16. The Morgan fingerprint density at radius 3 is 2.76 bits per heavy atom. The van der Waals surface area contributed by atoms with Crippen LogP contribution < -0.4 is 10.6 Å². The van der Waals surface area contributed by atoms with E-state index in [1.165, 1.54) is 12.0 Å². The molecule has 1 saturated heterocycles. The maximum absolute atomic E-state index is 5.52. The maximum Gasteiger partial charge on any atom is 0.191 e. The van der Waals surface area contributed by atoms with Gasteiger partial charge in [0.15, 0.2) is 5.96 Å². The number of morpholine rings is 1. The molecule has 0 radical (unpaired) electrons. The summed E-state index contributed by atoms with van der Waals surface area (Å²) < 4.78 is 5.52. The molecule has 6 nitrogen and oxygen atoms in total. The maximum atomic E-state index is 5.52. The largest absolute Gasteiger partial charge is 0.379 e. The summed E-state index contributed by atoms with van der Waals surface area (Å²) in [5, 5.41) is 9.17. The fourth-order valence-electron chi connectivity index (χ4n) is 4.01. The van der Waals surface area contributed by atoms with Crippen LogP contribution >= 0.6 is 35.3 Å². The molecule has 8 heteroatoms. The second-order valence-corrected chi connectivity index (χ2v) is 9.00. The molecule has 29 heavy (non-hydrogen) atoms. The van der Waals surface area contributed by atoms with Crippen LogP contribution in [0.1, 0.15) is 31.2 Å². The highest BCUT2D eigenvalue weighted by Gasteiger charge is 2.23. The second-order valence-electron chi connectivity index (χ2n) is 8.00. The highest BCUT2D eigenvalue weighted by Crippen LogP contribution is 2.23. The van der Waals surface area contributed by atoms with Crippen LogP contribution in [0.15, 0.2) is 16.4 Å². The van der Waals surface area contributed by atoms with Gasteiger partial charge in [-0.05, 0) is 36.3 Å². The smallest absolute Gasteiger partial charge is 0.191 e. The Morgan fingerprint density at radius 2 is 2.03 bits per heavy atom. The number of aliphatic imine (C=N–C) groups is 1. The number of nitrogens with one attached hydrogen (secondary N) is 2. The van der Waals surface area contributed by atoms with E-state index in [-0.39, 0.29) is 24.0 Å². The Kier molecular flexibility index (Phi) is 11.2. The summed E-state index contributed by atoms with van der Waals surface area (Å²) in [6.07, 6.45) is 1.19. The predicted molar refractivity (Wildman–Crippen MR) is 134 cm³/mol. The number of hydrogen-bond acceptors (Lipinski definition) is 5. The lowest BCUT2D eigenvalue weighted by molar-refractivity contribution is 0.00867. The molecule has 1 atom stereocenters. The summed E-state index contributed by atoms with van der Waals surface area (Å²) in [5.41, 5.74) is 1.52. The Hall–Kier alpha value is -0.420. The van der Waals surface area contributed by atoms with Gasteiger partial charge in [0.1, 0.15) is 0 Å². The van der Waals surface area contributed by atoms with Crippen LogP contribution in [-0.4, -0.2) is 80.8 Å². The second kappa shape index (κ2) is 13.1. The zero-order chi connectivity index (χ0) is 19.8. The Labute approximate surface area is 197 Å². The molecule has 1 aromatic rings. The van der Waals surface area contributed by atoms with Crippen molar-refractivity contribution in [2.45, 2.75) is 39.8 Å². The third kappa shape index (κ3) is 7.65. The van der Waals surface area contributed by atoms with Gasteiger partial charge < -0.3 is 15.4 Å². The predicted octanol–water partition coefficient (Wildman–Crippen LogP) is 2.64. The van der Waals surface area contributed by atoms with Gasteiger partial charge in [0.25, 0.3) is 0 Å². The summed E-state index contributed by atoms with van der Waals surface area (Å²) >= 11 is 1.90. The summed E-state index contributed by atoms with van der Waals surface area (Å²) in [6.45, 7) is 16.4. The topological polar surface area (TPSA) is 52.1 Å². The first-order chi connectivity index (χ1) is 13.7. The van der Waals surface area contributed by atoms with Crippen LogP contribution in [0.4, 0.5) is 0 Å². The first-order valence-corrected chi connectivity index (χ1v) is 11.7. The normalized spacial score (nSPS) is 19.5. The van der Waals surface area contributed by atoms with E-state index in [0.29, 0.717) is 12.0 Å². The van der Waals surface area contributed by atoms with E-state index in [4.69, 9.17) is 9.73 Å². The molecule has 2 aliphatic heterocycles. The van der Waals surface area contributed by atoms with Crippen LogP contribution in [0, 0.1) is 5.92 Å². The lowest BCUT2D eigenvalue weighted by Crippen LogP contribution is -2.48. The number of ether oxygens (including phenoxy) is 1. The molecule has 166 valence electrons. The molecule has 0 spiro atoms. The average molecular weight is 536 g/mol. The van der Waals surface area contributed by atoms with Crippen LogP contribution in [0.3, 0.4) is 0 Å². The van der Waals surface area contributed by atoms with E-state index in [1.807, 2.05) is 11.3 Å². The lowest BCUT2D eigenvalue weighted by Gasteiger charge is -2.36. The zero-order valence-corrected chi connectivity index (χ0v) is 21.3. The van der Waals surface area contributed by atoms with Gasteiger partial charge in [-0.3, -0.25) is 14.8 Å². The van der Waals surface area contributed by atoms with Crippen molar-refractivity contribution < 1.29 is 4.74 Å². The first-order valence-electron chi connectivity index (χ1n) is 10.8. The van der Waals surface area contributed by atoms with Gasteiger partial charge in [-0.2, -0.15) is 0 Å². The van der Waals surface area contributed by atoms with Crippen molar-refractivity contribution in [3.05, 3.63) is 21.9 Å². The van der Waals surface area contributed by atoms with Gasteiger partial charge in [-0.15, -0.1) is 35.3 Å². The molecule has 0 amide bonds. The molecular weight excluding hydrogens is 497 g/mol. The zero-order valence-electron chi connectivity index (χ0n) is 18.2. The van der Waals surface area contributed by atoms with Crippen molar-refractivity contribution in [3.63, 3.8) is 0 Å². The SMILES string of the molecule is CCNC(=NCC(C(C)C)N1CCOCC1)NCCN1CCc2sccc2C1.I. The molecule has 2 aliphatic rings. The third-order valence-electron chi connectivity index (χ3n) is 5.67. The van der Waals surface area contributed by atoms with Crippen LogP contribution in [0.2, 0.25) is 0 Å². The fourth-order valence-corrected chi connectivity index (χ4v) is 4.90. The van der Waals surface area contributed by atoms with Gasteiger partial charge in [0.2, 0.25) is 0 Å². The van der Waals surface area contributed by atoms with E-state index in [2.05, 4.69) is 52.7 Å². The number of guanidine groups is 1. The summed E-state index contributed by atoms with van der Waals surface area (Å²) in [4.78, 5) is 11.6. The van der Waals surface area contributed by atoms with E-state index in [0.717, 1.165) is 71.5 Å². The van der Waals surface area contributed by atoms with Crippen LogP contribution in [-0.2, 0) is 17.7 Å².